The van der Waals surface area contributed by atoms with E-state index in [9.17, 15) is 5.11 Å². The second kappa shape index (κ2) is 3.46. The summed E-state index contributed by atoms with van der Waals surface area (Å²) >= 11 is 0. The molecule has 1 aliphatic rings. The number of ether oxygens (including phenoxy) is 2. The number of nitrogens with two attached hydrogens (primary N) is 1. The highest BCUT2D eigenvalue weighted by molar-refractivity contribution is 4.85. The highest BCUT2D eigenvalue weighted by Gasteiger charge is 2.36. The molecule has 0 amide bonds. The molecule has 0 aliphatic carbocycles. The average molecular weight is 163 g/mol. The summed E-state index contributed by atoms with van der Waals surface area (Å²) in [7, 11) is 1.44. The number of aliphatic hydroxyl groups excluding tert-OH is 2. The molecule has 0 unspecified atom stereocenters. The molecule has 0 saturated carbocycles. The summed E-state index contributed by atoms with van der Waals surface area (Å²) in [4.78, 5) is 0. The fourth-order valence-electron chi connectivity index (χ4n) is 1.05. The summed E-state index contributed by atoms with van der Waals surface area (Å²) in [6.07, 6.45) is -2.49. The summed E-state index contributed by atoms with van der Waals surface area (Å²) in [5, 5.41) is 18.3. The molecule has 1 rings (SSSR count). The van der Waals surface area contributed by atoms with Crippen LogP contribution in [-0.4, -0.2) is 48.5 Å². The summed E-state index contributed by atoms with van der Waals surface area (Å²) in [6.45, 7) is 0.0629. The first kappa shape index (κ1) is 8.89. The molecule has 66 valence electrons. The van der Waals surface area contributed by atoms with Crippen LogP contribution in [0, 0.1) is 0 Å². The molecular formula is C6H13NO4. The third-order valence-electron chi connectivity index (χ3n) is 1.77. The van der Waals surface area contributed by atoms with Crippen molar-refractivity contribution in [3.05, 3.63) is 0 Å². The number of hydrogen-bond donors (Lipinski definition) is 3. The van der Waals surface area contributed by atoms with Crippen molar-refractivity contribution in [1.82, 2.24) is 0 Å². The zero-order valence-corrected chi connectivity index (χ0v) is 6.30. The van der Waals surface area contributed by atoms with Crippen LogP contribution in [0.3, 0.4) is 0 Å². The first-order valence-corrected chi connectivity index (χ1v) is 3.43. The minimum Gasteiger partial charge on any atom is -0.389 e. The lowest BCUT2D eigenvalue weighted by Crippen LogP contribution is -2.57. The van der Waals surface area contributed by atoms with Crippen LogP contribution in [0.15, 0.2) is 0 Å². The van der Waals surface area contributed by atoms with E-state index in [4.69, 9.17) is 20.3 Å². The van der Waals surface area contributed by atoms with Gasteiger partial charge in [-0.3, -0.25) is 0 Å². The monoisotopic (exact) mass is 163 g/mol. The third kappa shape index (κ3) is 1.69. The summed E-state index contributed by atoms with van der Waals surface area (Å²) in [5.41, 5.74) is 5.46. The molecule has 0 spiro atoms. The molecule has 5 heteroatoms. The molecule has 0 radical (unpaired) electrons. The summed E-state index contributed by atoms with van der Waals surface area (Å²) in [5.74, 6) is 0. The van der Waals surface area contributed by atoms with Crippen LogP contribution in [0.1, 0.15) is 0 Å². The van der Waals surface area contributed by atoms with Gasteiger partial charge in [0, 0.05) is 7.11 Å². The van der Waals surface area contributed by atoms with E-state index < -0.39 is 24.5 Å². The van der Waals surface area contributed by atoms with Gasteiger partial charge in [0.05, 0.1) is 12.6 Å². The van der Waals surface area contributed by atoms with Crippen molar-refractivity contribution in [3.63, 3.8) is 0 Å². The van der Waals surface area contributed by atoms with E-state index in [-0.39, 0.29) is 6.61 Å². The fourth-order valence-corrected chi connectivity index (χ4v) is 1.05. The predicted octanol–water partition coefficient (Wildman–Crippen LogP) is -1.96. The highest BCUT2D eigenvalue weighted by Crippen LogP contribution is 2.13. The Balaban J connectivity index is 2.52. The van der Waals surface area contributed by atoms with Crippen molar-refractivity contribution in [2.45, 2.75) is 24.5 Å². The van der Waals surface area contributed by atoms with Gasteiger partial charge >= 0.3 is 0 Å². The van der Waals surface area contributed by atoms with Crippen LogP contribution in [-0.2, 0) is 9.47 Å². The average Bonchev–Trinajstić information content (AvgIpc) is 2.01. The molecule has 1 fully saturated rings. The Bertz CT molecular complexity index is 130. The normalized spacial score (nSPS) is 45.8. The molecule has 5 nitrogen and oxygen atoms in total. The standard InChI is InChI=1S/C6H13NO4/c1-10-6-4(7)5(9)3(8)2-11-6/h3-6,8-9H,2,7H2,1H3/t3-,4-,5-,6-/m0/s1. The van der Waals surface area contributed by atoms with E-state index in [1.54, 1.807) is 0 Å². The van der Waals surface area contributed by atoms with Gasteiger partial charge in [0.1, 0.15) is 12.2 Å². The smallest absolute Gasteiger partial charge is 0.174 e. The van der Waals surface area contributed by atoms with Gasteiger partial charge in [-0.25, -0.2) is 0 Å². The van der Waals surface area contributed by atoms with Gasteiger partial charge in [0.15, 0.2) is 6.29 Å². The van der Waals surface area contributed by atoms with Crippen molar-refractivity contribution in [2.75, 3.05) is 13.7 Å². The van der Waals surface area contributed by atoms with Crippen molar-refractivity contribution in [3.8, 4) is 0 Å². The number of methoxy groups -OCH3 is 1. The van der Waals surface area contributed by atoms with E-state index in [1.165, 1.54) is 7.11 Å². The van der Waals surface area contributed by atoms with Crippen molar-refractivity contribution in [2.24, 2.45) is 5.73 Å². The van der Waals surface area contributed by atoms with E-state index in [0.29, 0.717) is 0 Å². The highest BCUT2D eigenvalue weighted by atomic mass is 16.7. The molecule has 1 aliphatic heterocycles. The van der Waals surface area contributed by atoms with E-state index in [1.807, 2.05) is 0 Å². The molecule has 11 heavy (non-hydrogen) atoms. The fraction of sp³-hybridized carbons (Fsp3) is 1.00. The minimum absolute atomic E-state index is 0.0629. The number of aliphatic hydroxyl groups is 2. The van der Waals surface area contributed by atoms with Gasteiger partial charge in [-0.15, -0.1) is 0 Å². The van der Waals surface area contributed by atoms with Gasteiger partial charge in [0.2, 0.25) is 0 Å². The molecule has 4 N–H and O–H groups in total. The minimum atomic E-state index is -0.964. The SMILES string of the molecule is CO[C@H]1OC[C@H](O)[C@H](O)[C@@H]1N. The predicted molar refractivity (Wildman–Crippen MR) is 36.7 cm³/mol. The van der Waals surface area contributed by atoms with Crippen LogP contribution in [0.5, 0.6) is 0 Å². The van der Waals surface area contributed by atoms with Gasteiger partial charge in [-0.1, -0.05) is 0 Å². The molecule has 1 heterocycles. The zero-order chi connectivity index (χ0) is 8.43. The van der Waals surface area contributed by atoms with Crippen LogP contribution in [0.2, 0.25) is 0 Å². The lowest BCUT2D eigenvalue weighted by molar-refractivity contribution is -0.217. The largest absolute Gasteiger partial charge is 0.389 e. The number of rotatable bonds is 1. The van der Waals surface area contributed by atoms with Gasteiger partial charge < -0.3 is 25.4 Å². The first-order chi connectivity index (χ1) is 5.16. The Morgan fingerprint density at radius 1 is 1.55 bits per heavy atom. The molecule has 4 atom stereocenters. The maximum absolute atomic E-state index is 9.21. The maximum Gasteiger partial charge on any atom is 0.174 e. The van der Waals surface area contributed by atoms with Crippen molar-refractivity contribution in [1.29, 1.82) is 0 Å². The first-order valence-electron chi connectivity index (χ1n) is 3.43. The van der Waals surface area contributed by atoms with Crippen LogP contribution >= 0.6 is 0 Å². The van der Waals surface area contributed by atoms with Crippen LogP contribution in [0.4, 0.5) is 0 Å². The quantitative estimate of drug-likeness (QED) is 0.418. The van der Waals surface area contributed by atoms with Crippen LogP contribution in [0.25, 0.3) is 0 Å². The summed E-state index contributed by atoms with van der Waals surface area (Å²) < 4.78 is 9.77. The van der Waals surface area contributed by atoms with E-state index >= 15 is 0 Å². The Morgan fingerprint density at radius 3 is 2.73 bits per heavy atom. The Morgan fingerprint density at radius 2 is 2.18 bits per heavy atom. The Hall–Kier alpha value is -0.200. The summed E-state index contributed by atoms with van der Waals surface area (Å²) in [6, 6.07) is -0.677. The topological polar surface area (TPSA) is 84.9 Å². The maximum atomic E-state index is 9.21. The molecule has 0 aromatic rings. The molecule has 0 aromatic carbocycles. The number of hydrogen-bond acceptors (Lipinski definition) is 5. The molecule has 0 bridgehead atoms. The Kier molecular flexibility index (Phi) is 2.80. The van der Waals surface area contributed by atoms with Gasteiger partial charge in [-0.05, 0) is 0 Å². The van der Waals surface area contributed by atoms with Gasteiger partial charge in [0.25, 0.3) is 0 Å². The molecule has 0 aromatic heterocycles. The van der Waals surface area contributed by atoms with Crippen molar-refractivity contribution < 1.29 is 19.7 Å². The zero-order valence-electron chi connectivity index (χ0n) is 6.30. The van der Waals surface area contributed by atoms with Crippen LogP contribution < -0.4 is 5.73 Å². The second-order valence-corrected chi connectivity index (χ2v) is 2.57. The van der Waals surface area contributed by atoms with Gasteiger partial charge in [-0.2, -0.15) is 0 Å². The molecule has 1 saturated heterocycles. The van der Waals surface area contributed by atoms with E-state index in [0.717, 1.165) is 0 Å². The lowest BCUT2D eigenvalue weighted by atomic mass is 10.0. The molecular weight excluding hydrogens is 150 g/mol. The second-order valence-electron chi connectivity index (χ2n) is 2.57. The Labute approximate surface area is 64.7 Å². The van der Waals surface area contributed by atoms with Crippen molar-refractivity contribution >= 4 is 0 Å². The van der Waals surface area contributed by atoms with E-state index in [2.05, 4.69) is 0 Å². The lowest BCUT2D eigenvalue weighted by Gasteiger charge is -2.34. The third-order valence-corrected chi connectivity index (χ3v) is 1.77.